The summed E-state index contributed by atoms with van der Waals surface area (Å²) < 4.78 is 13.6. The maximum absolute atomic E-state index is 12.3. The fraction of sp³-hybridized carbons (Fsp3) is 0.333. The SMILES string of the molecule is CCNC(=O)C(C)S(=O)c1nc2ccc(N)cc2s1. The molecule has 0 aliphatic carbocycles. The van der Waals surface area contributed by atoms with Gasteiger partial charge in [-0.05, 0) is 32.0 Å². The number of anilines is 1. The summed E-state index contributed by atoms with van der Waals surface area (Å²) in [6.07, 6.45) is 0. The second-order valence-corrected chi connectivity index (χ2v) is 7.02. The van der Waals surface area contributed by atoms with E-state index in [-0.39, 0.29) is 5.91 Å². The standard InChI is InChI=1S/C12H15N3O2S2/c1-3-14-11(16)7(2)19(17)12-15-9-5-4-8(13)6-10(9)18-12/h4-7H,3,13H2,1-2H3,(H,14,16). The van der Waals surface area contributed by atoms with Crippen LogP contribution in [0.3, 0.4) is 0 Å². The van der Waals surface area contributed by atoms with Gasteiger partial charge in [0.1, 0.15) is 5.25 Å². The molecule has 5 nitrogen and oxygen atoms in total. The van der Waals surface area contributed by atoms with Gasteiger partial charge in [-0.25, -0.2) is 4.98 Å². The number of fused-ring (bicyclic) bond motifs is 1. The fourth-order valence-electron chi connectivity index (χ4n) is 1.57. The zero-order chi connectivity index (χ0) is 14.0. The Kier molecular flexibility index (Phi) is 4.16. The van der Waals surface area contributed by atoms with E-state index in [9.17, 15) is 9.00 Å². The Morgan fingerprint density at radius 2 is 2.32 bits per heavy atom. The zero-order valence-corrected chi connectivity index (χ0v) is 12.3. The first-order valence-electron chi connectivity index (χ1n) is 5.87. The average Bonchev–Trinajstić information content (AvgIpc) is 2.80. The van der Waals surface area contributed by atoms with Gasteiger partial charge in [0.15, 0.2) is 4.34 Å². The lowest BCUT2D eigenvalue weighted by atomic mass is 10.3. The van der Waals surface area contributed by atoms with Crippen molar-refractivity contribution in [2.24, 2.45) is 0 Å². The van der Waals surface area contributed by atoms with E-state index in [0.717, 1.165) is 10.2 Å². The summed E-state index contributed by atoms with van der Waals surface area (Å²) in [6.45, 7) is 3.99. The van der Waals surface area contributed by atoms with Crippen molar-refractivity contribution in [1.29, 1.82) is 0 Å². The number of thiazole rings is 1. The number of nitrogens with zero attached hydrogens (tertiary/aromatic N) is 1. The van der Waals surface area contributed by atoms with Gasteiger partial charge in [-0.1, -0.05) is 0 Å². The molecular weight excluding hydrogens is 282 g/mol. The summed E-state index contributed by atoms with van der Waals surface area (Å²) in [5, 5.41) is 2.05. The Labute approximate surface area is 117 Å². The normalized spacial score (nSPS) is 14.2. The molecule has 0 fully saturated rings. The maximum atomic E-state index is 12.3. The molecule has 0 aliphatic heterocycles. The van der Waals surface area contributed by atoms with Crippen molar-refractivity contribution >= 4 is 43.9 Å². The van der Waals surface area contributed by atoms with Gasteiger partial charge < -0.3 is 11.1 Å². The molecule has 102 valence electrons. The molecule has 3 N–H and O–H groups in total. The topological polar surface area (TPSA) is 85.1 Å². The maximum Gasteiger partial charge on any atom is 0.235 e. The monoisotopic (exact) mass is 297 g/mol. The summed E-state index contributed by atoms with van der Waals surface area (Å²) in [6, 6.07) is 5.34. The smallest absolute Gasteiger partial charge is 0.235 e. The molecule has 1 aromatic carbocycles. The van der Waals surface area contributed by atoms with Crippen LogP contribution in [-0.4, -0.2) is 26.9 Å². The van der Waals surface area contributed by atoms with Crippen LogP contribution in [0.2, 0.25) is 0 Å². The number of carbonyl (C=O) groups is 1. The van der Waals surface area contributed by atoms with Gasteiger partial charge in [-0.15, -0.1) is 11.3 Å². The van der Waals surface area contributed by atoms with Crippen molar-refractivity contribution in [1.82, 2.24) is 10.3 Å². The molecule has 7 heteroatoms. The quantitative estimate of drug-likeness (QED) is 0.838. The second-order valence-electron chi connectivity index (χ2n) is 4.04. The van der Waals surface area contributed by atoms with E-state index in [0.29, 0.717) is 16.6 Å². The third-order valence-corrected chi connectivity index (χ3v) is 5.45. The molecular formula is C12H15N3O2S2. The number of rotatable bonds is 4. The highest BCUT2D eigenvalue weighted by atomic mass is 32.2. The van der Waals surface area contributed by atoms with E-state index < -0.39 is 16.0 Å². The predicted molar refractivity (Wildman–Crippen MR) is 78.6 cm³/mol. The molecule has 1 aromatic heterocycles. The average molecular weight is 297 g/mol. The lowest BCUT2D eigenvalue weighted by Crippen LogP contribution is -2.35. The molecule has 2 aromatic rings. The molecule has 0 aliphatic rings. The van der Waals surface area contributed by atoms with Crippen LogP contribution in [0, 0.1) is 0 Å². The molecule has 2 rings (SSSR count). The lowest BCUT2D eigenvalue weighted by Gasteiger charge is -2.08. The molecule has 0 saturated heterocycles. The van der Waals surface area contributed by atoms with Gasteiger partial charge in [0, 0.05) is 12.2 Å². The van der Waals surface area contributed by atoms with Crippen LogP contribution < -0.4 is 11.1 Å². The minimum atomic E-state index is -1.44. The Balaban J connectivity index is 2.28. The molecule has 19 heavy (non-hydrogen) atoms. The summed E-state index contributed by atoms with van der Waals surface area (Å²) >= 11 is 1.31. The van der Waals surface area contributed by atoms with Crippen molar-refractivity contribution in [3.8, 4) is 0 Å². The van der Waals surface area contributed by atoms with Gasteiger partial charge in [-0.3, -0.25) is 9.00 Å². The number of amides is 1. The number of benzene rings is 1. The van der Waals surface area contributed by atoms with Crippen LogP contribution in [0.15, 0.2) is 22.5 Å². The summed E-state index contributed by atoms with van der Waals surface area (Å²) in [7, 11) is -1.44. The number of carbonyl (C=O) groups excluding carboxylic acids is 1. The van der Waals surface area contributed by atoms with Crippen molar-refractivity contribution < 1.29 is 9.00 Å². The molecule has 0 spiro atoms. The highest BCUT2D eigenvalue weighted by molar-refractivity contribution is 7.88. The van der Waals surface area contributed by atoms with Crippen molar-refractivity contribution in [3.05, 3.63) is 18.2 Å². The lowest BCUT2D eigenvalue weighted by molar-refractivity contribution is -0.120. The third kappa shape index (κ3) is 2.93. The molecule has 0 bridgehead atoms. The first-order chi connectivity index (χ1) is 9.02. The Bertz CT molecular complexity index is 639. The molecule has 2 atom stereocenters. The first-order valence-corrected chi connectivity index (χ1v) is 7.90. The van der Waals surface area contributed by atoms with Crippen LogP contribution in [0.5, 0.6) is 0 Å². The highest BCUT2D eigenvalue weighted by Gasteiger charge is 2.23. The number of nitrogens with one attached hydrogen (secondary N) is 1. The van der Waals surface area contributed by atoms with Gasteiger partial charge >= 0.3 is 0 Å². The zero-order valence-electron chi connectivity index (χ0n) is 10.7. The Morgan fingerprint density at radius 3 is 3.00 bits per heavy atom. The van der Waals surface area contributed by atoms with Gasteiger partial charge in [-0.2, -0.15) is 0 Å². The molecule has 0 radical (unpaired) electrons. The van der Waals surface area contributed by atoms with E-state index in [1.807, 2.05) is 6.92 Å². The Morgan fingerprint density at radius 1 is 1.58 bits per heavy atom. The van der Waals surface area contributed by atoms with Crippen LogP contribution in [0.25, 0.3) is 10.2 Å². The van der Waals surface area contributed by atoms with E-state index >= 15 is 0 Å². The minimum Gasteiger partial charge on any atom is -0.399 e. The summed E-state index contributed by atoms with van der Waals surface area (Å²) in [4.78, 5) is 16.0. The number of nitrogens with two attached hydrogens (primary N) is 1. The van der Waals surface area contributed by atoms with Gasteiger partial charge in [0.25, 0.3) is 0 Å². The molecule has 0 saturated carbocycles. The summed E-state index contributed by atoms with van der Waals surface area (Å²) in [5.41, 5.74) is 7.09. The van der Waals surface area contributed by atoms with Crippen LogP contribution >= 0.6 is 11.3 Å². The van der Waals surface area contributed by atoms with Crippen LogP contribution in [0.4, 0.5) is 5.69 Å². The first kappa shape index (κ1) is 14.0. The molecule has 2 unspecified atom stereocenters. The van der Waals surface area contributed by atoms with E-state index in [1.165, 1.54) is 11.3 Å². The van der Waals surface area contributed by atoms with E-state index in [4.69, 9.17) is 5.73 Å². The largest absolute Gasteiger partial charge is 0.399 e. The van der Waals surface area contributed by atoms with Crippen molar-refractivity contribution in [2.45, 2.75) is 23.4 Å². The van der Waals surface area contributed by atoms with Gasteiger partial charge in [0.2, 0.25) is 5.91 Å². The molecule has 1 amide bonds. The Hall–Kier alpha value is -1.47. The van der Waals surface area contributed by atoms with Gasteiger partial charge in [0.05, 0.1) is 21.0 Å². The number of nitrogen functional groups attached to an aromatic ring is 1. The van der Waals surface area contributed by atoms with Crippen LogP contribution in [-0.2, 0) is 15.6 Å². The molecule has 1 heterocycles. The van der Waals surface area contributed by atoms with Crippen molar-refractivity contribution in [2.75, 3.05) is 12.3 Å². The van der Waals surface area contributed by atoms with E-state index in [1.54, 1.807) is 25.1 Å². The van der Waals surface area contributed by atoms with Crippen LogP contribution in [0.1, 0.15) is 13.8 Å². The number of hydrogen-bond donors (Lipinski definition) is 2. The third-order valence-electron chi connectivity index (χ3n) is 2.61. The minimum absolute atomic E-state index is 0.223. The highest BCUT2D eigenvalue weighted by Crippen LogP contribution is 2.27. The number of hydrogen-bond acceptors (Lipinski definition) is 5. The van der Waals surface area contributed by atoms with Crippen molar-refractivity contribution in [3.63, 3.8) is 0 Å². The fourth-order valence-corrected chi connectivity index (χ4v) is 4.12. The number of aromatic nitrogens is 1. The van der Waals surface area contributed by atoms with E-state index in [2.05, 4.69) is 10.3 Å². The summed E-state index contributed by atoms with van der Waals surface area (Å²) in [5.74, 6) is -0.223. The predicted octanol–water partition coefficient (Wildman–Crippen LogP) is 1.51. The second kappa shape index (κ2) is 5.66.